The number of carboxylic acid groups (broad SMARTS) is 1. The van der Waals surface area contributed by atoms with Crippen LogP contribution in [0.15, 0.2) is 72.8 Å². The van der Waals surface area contributed by atoms with E-state index in [1.54, 1.807) is 59.5 Å². The van der Waals surface area contributed by atoms with Gasteiger partial charge in [-0.25, -0.2) is 14.5 Å². The highest BCUT2D eigenvalue weighted by Gasteiger charge is 2.59. The van der Waals surface area contributed by atoms with Crippen molar-refractivity contribution in [2.45, 2.75) is 83.0 Å². The number of hydrogen-bond donors (Lipinski definition) is 4. The van der Waals surface area contributed by atoms with E-state index in [-0.39, 0.29) is 18.9 Å². The SMILES string of the molecule is COc1ccc([C@H](CC(=O)O)NC(=O)C(CC(C)C)N2C(=O)N(Cc3ccc(NC(=O)Nc4ccccc4)cc3)C3(CCCCC3)C2=O)cc1OC. The molecular formula is C39H47N5O8. The highest BCUT2D eigenvalue weighted by Crippen LogP contribution is 2.43. The van der Waals surface area contributed by atoms with Crippen molar-refractivity contribution in [3.8, 4) is 11.5 Å². The van der Waals surface area contributed by atoms with Gasteiger partial charge in [0.1, 0.15) is 11.6 Å². The minimum atomic E-state index is -1.17. The van der Waals surface area contributed by atoms with Crippen LogP contribution in [-0.4, -0.2) is 70.6 Å². The molecule has 5 rings (SSSR count). The minimum Gasteiger partial charge on any atom is -0.493 e. The molecule has 3 aromatic carbocycles. The molecule has 1 spiro atoms. The van der Waals surface area contributed by atoms with E-state index < -0.39 is 53.9 Å². The maximum Gasteiger partial charge on any atom is 0.328 e. The first-order valence-corrected chi connectivity index (χ1v) is 17.6. The predicted octanol–water partition coefficient (Wildman–Crippen LogP) is 6.56. The smallest absolute Gasteiger partial charge is 0.328 e. The van der Waals surface area contributed by atoms with Crippen LogP contribution in [0.25, 0.3) is 0 Å². The number of aliphatic carboxylic acids is 1. The molecule has 52 heavy (non-hydrogen) atoms. The summed E-state index contributed by atoms with van der Waals surface area (Å²) in [5.74, 6) is -1.44. The van der Waals surface area contributed by atoms with E-state index in [2.05, 4.69) is 16.0 Å². The molecule has 1 unspecified atom stereocenters. The molecule has 276 valence electrons. The number of carboxylic acids is 1. The summed E-state index contributed by atoms with van der Waals surface area (Å²) < 4.78 is 10.7. The largest absolute Gasteiger partial charge is 0.493 e. The lowest BCUT2D eigenvalue weighted by atomic mass is 9.80. The van der Waals surface area contributed by atoms with Crippen LogP contribution in [0.3, 0.4) is 0 Å². The molecule has 1 saturated heterocycles. The number of methoxy groups -OCH3 is 2. The Bertz CT molecular complexity index is 1760. The highest BCUT2D eigenvalue weighted by atomic mass is 16.5. The Morgan fingerprint density at radius 1 is 0.846 bits per heavy atom. The second-order valence-electron chi connectivity index (χ2n) is 13.7. The van der Waals surface area contributed by atoms with Gasteiger partial charge in [-0.1, -0.05) is 69.5 Å². The van der Waals surface area contributed by atoms with Crippen LogP contribution in [-0.2, 0) is 20.9 Å². The Labute approximate surface area is 303 Å². The maximum atomic E-state index is 14.5. The fourth-order valence-electron chi connectivity index (χ4n) is 7.09. The monoisotopic (exact) mass is 713 g/mol. The third-order valence-corrected chi connectivity index (χ3v) is 9.65. The fourth-order valence-corrected chi connectivity index (χ4v) is 7.09. The Hall–Kier alpha value is -5.59. The van der Waals surface area contributed by atoms with Crippen LogP contribution >= 0.6 is 0 Å². The van der Waals surface area contributed by atoms with Crippen LogP contribution in [0.4, 0.5) is 21.0 Å². The number of para-hydroxylation sites is 1. The van der Waals surface area contributed by atoms with E-state index in [1.165, 1.54) is 14.2 Å². The second kappa shape index (κ2) is 16.6. The van der Waals surface area contributed by atoms with Gasteiger partial charge in [0.25, 0.3) is 5.91 Å². The zero-order valence-electron chi connectivity index (χ0n) is 30.0. The molecule has 1 saturated carbocycles. The molecule has 13 heteroatoms. The molecule has 0 bridgehead atoms. The Balaban J connectivity index is 1.39. The van der Waals surface area contributed by atoms with Gasteiger partial charge in [-0.3, -0.25) is 14.4 Å². The number of anilines is 2. The topological polar surface area (TPSA) is 167 Å². The summed E-state index contributed by atoms with van der Waals surface area (Å²) in [5, 5.41) is 18.2. The van der Waals surface area contributed by atoms with Gasteiger partial charge in [0.15, 0.2) is 11.5 Å². The third-order valence-electron chi connectivity index (χ3n) is 9.65. The summed E-state index contributed by atoms with van der Waals surface area (Å²) in [4.78, 5) is 70.4. The van der Waals surface area contributed by atoms with E-state index in [9.17, 15) is 29.1 Å². The molecular weight excluding hydrogens is 666 g/mol. The van der Waals surface area contributed by atoms with Crippen molar-refractivity contribution in [2.24, 2.45) is 5.92 Å². The number of rotatable bonds is 14. The van der Waals surface area contributed by atoms with Crippen molar-refractivity contribution < 1.29 is 38.6 Å². The molecule has 1 heterocycles. The molecule has 3 aromatic rings. The number of ether oxygens (including phenoxy) is 2. The number of hydrogen-bond acceptors (Lipinski definition) is 7. The molecule has 2 aliphatic rings. The van der Waals surface area contributed by atoms with E-state index >= 15 is 0 Å². The van der Waals surface area contributed by atoms with Crippen LogP contribution < -0.4 is 25.4 Å². The molecule has 2 atom stereocenters. The summed E-state index contributed by atoms with van der Waals surface area (Å²) in [6.07, 6.45) is 3.12. The number of nitrogens with zero attached hydrogens (tertiary/aromatic N) is 2. The third kappa shape index (κ3) is 8.47. The number of amides is 6. The minimum absolute atomic E-state index is 0.0779. The average Bonchev–Trinajstić information content (AvgIpc) is 3.31. The summed E-state index contributed by atoms with van der Waals surface area (Å²) >= 11 is 0. The lowest BCUT2D eigenvalue weighted by Crippen LogP contribution is -2.53. The summed E-state index contributed by atoms with van der Waals surface area (Å²) in [6, 6.07) is 17.9. The summed E-state index contributed by atoms with van der Waals surface area (Å²) in [7, 11) is 2.94. The van der Waals surface area contributed by atoms with Gasteiger partial charge in [0.05, 0.1) is 26.7 Å². The lowest BCUT2D eigenvalue weighted by molar-refractivity contribution is -0.142. The van der Waals surface area contributed by atoms with Crippen molar-refractivity contribution in [3.63, 3.8) is 0 Å². The number of carbonyl (C=O) groups excluding carboxylic acids is 4. The van der Waals surface area contributed by atoms with E-state index in [0.717, 1.165) is 29.7 Å². The summed E-state index contributed by atoms with van der Waals surface area (Å²) in [6.45, 7) is 3.93. The number of carbonyl (C=O) groups is 5. The molecule has 2 fully saturated rings. The van der Waals surface area contributed by atoms with Crippen molar-refractivity contribution in [1.82, 2.24) is 15.1 Å². The predicted molar refractivity (Wildman–Crippen MR) is 195 cm³/mol. The molecule has 1 aliphatic heterocycles. The number of nitrogens with one attached hydrogen (secondary N) is 3. The van der Waals surface area contributed by atoms with Gasteiger partial charge >= 0.3 is 18.0 Å². The normalized spacial score (nSPS) is 16.4. The molecule has 13 nitrogen and oxygen atoms in total. The van der Waals surface area contributed by atoms with Crippen molar-refractivity contribution >= 4 is 41.2 Å². The first kappa shape index (κ1) is 37.7. The van der Waals surface area contributed by atoms with Crippen molar-refractivity contribution in [1.29, 1.82) is 0 Å². The van der Waals surface area contributed by atoms with Gasteiger partial charge in [0.2, 0.25) is 5.91 Å². The summed E-state index contributed by atoms with van der Waals surface area (Å²) in [5.41, 5.74) is 1.31. The van der Waals surface area contributed by atoms with Crippen LogP contribution in [0.5, 0.6) is 11.5 Å². The quantitative estimate of drug-likeness (QED) is 0.136. The Morgan fingerprint density at radius 3 is 2.08 bits per heavy atom. The van der Waals surface area contributed by atoms with Gasteiger partial charge in [0, 0.05) is 17.9 Å². The zero-order valence-corrected chi connectivity index (χ0v) is 30.0. The molecule has 4 N–H and O–H groups in total. The van der Waals surface area contributed by atoms with E-state index in [1.807, 2.05) is 32.0 Å². The van der Waals surface area contributed by atoms with Crippen LogP contribution in [0.1, 0.15) is 76.0 Å². The van der Waals surface area contributed by atoms with Crippen molar-refractivity contribution in [3.05, 3.63) is 83.9 Å². The Morgan fingerprint density at radius 2 is 1.48 bits per heavy atom. The lowest BCUT2D eigenvalue weighted by Gasteiger charge is -2.38. The van der Waals surface area contributed by atoms with Gasteiger partial charge < -0.3 is 35.4 Å². The highest BCUT2D eigenvalue weighted by molar-refractivity contribution is 6.10. The second-order valence-corrected chi connectivity index (χ2v) is 13.7. The molecule has 0 radical (unpaired) electrons. The van der Waals surface area contributed by atoms with E-state index in [4.69, 9.17) is 9.47 Å². The molecule has 6 amide bonds. The van der Waals surface area contributed by atoms with Crippen molar-refractivity contribution in [2.75, 3.05) is 24.9 Å². The molecule has 1 aliphatic carbocycles. The molecule has 0 aromatic heterocycles. The van der Waals surface area contributed by atoms with Crippen LogP contribution in [0.2, 0.25) is 0 Å². The van der Waals surface area contributed by atoms with Gasteiger partial charge in [-0.2, -0.15) is 0 Å². The standard InChI is InChI=1S/C39H47N5O8/c1-25(2)21-31(35(47)42-30(23-34(45)46)27-15-18-32(51-3)33(22-27)52-4)44-36(48)39(19-9-6-10-20-39)43(38(44)50)24-26-13-16-29(17-14-26)41-37(49)40-28-11-7-5-8-12-28/h5,7-8,11-18,22,25,30-31H,6,9-10,19-21,23-24H2,1-4H3,(H,42,47)(H,45,46)(H2,40,41,49)/t30-,31?/m0/s1. The van der Waals surface area contributed by atoms with Gasteiger partial charge in [-0.15, -0.1) is 0 Å². The number of benzene rings is 3. The zero-order chi connectivity index (χ0) is 37.4. The van der Waals surface area contributed by atoms with Gasteiger partial charge in [-0.05, 0) is 72.7 Å². The van der Waals surface area contributed by atoms with E-state index in [0.29, 0.717) is 41.3 Å². The maximum absolute atomic E-state index is 14.5. The average molecular weight is 714 g/mol. The Kier molecular flexibility index (Phi) is 12.0. The fraction of sp³-hybridized carbons (Fsp3) is 0.410. The van der Waals surface area contributed by atoms with Crippen LogP contribution in [0, 0.1) is 5.92 Å². The number of imide groups is 1. The first-order valence-electron chi connectivity index (χ1n) is 17.6. The first-order chi connectivity index (χ1) is 24.9. The number of urea groups is 2.